The molecule has 0 unspecified atom stereocenters. The van der Waals surface area contributed by atoms with Crippen LogP contribution in [0.1, 0.15) is 92.8 Å². The lowest BCUT2D eigenvalue weighted by Gasteiger charge is -2.32. The predicted octanol–water partition coefficient (Wildman–Crippen LogP) is 9.04. The van der Waals surface area contributed by atoms with E-state index < -0.39 is 0 Å². The normalized spacial score (nSPS) is 14.1. The van der Waals surface area contributed by atoms with Gasteiger partial charge in [-0.15, -0.1) is 0 Å². The van der Waals surface area contributed by atoms with Crippen LogP contribution >= 0.6 is 0 Å². The standard InChI is InChI=1S/C35H40N10.3C2H6/c1-5-9-25(6-2)30-15-16-31-34(42-30)45(33(43-31)29-10-8-19-39-32(29)37)28-13-11-24(12-14-28)23-44-20-17-27(18-21-44)41-35(38-4)40-26(7-3)22-36;3*1-2/h5-6,8-16,19,27H,7,17-18,20-21,23H2,1-4H3,(H2,37,39)(H,38,41);3*1-2H3/b9-5-,25-6+,40-26+;;;. The minimum atomic E-state index is 0.281. The lowest BCUT2D eigenvalue weighted by Crippen LogP contribution is -2.44. The van der Waals surface area contributed by atoms with Gasteiger partial charge in [0.25, 0.3) is 0 Å². The minimum absolute atomic E-state index is 0.281. The highest BCUT2D eigenvalue weighted by Crippen LogP contribution is 2.31. The van der Waals surface area contributed by atoms with E-state index in [9.17, 15) is 5.26 Å². The van der Waals surface area contributed by atoms with Gasteiger partial charge >= 0.3 is 0 Å². The van der Waals surface area contributed by atoms with Crippen LogP contribution in [-0.2, 0) is 6.54 Å². The molecule has 3 aromatic heterocycles. The first-order valence-electron chi connectivity index (χ1n) is 18.4. The van der Waals surface area contributed by atoms with Crippen molar-refractivity contribution < 1.29 is 0 Å². The summed E-state index contributed by atoms with van der Waals surface area (Å²) < 4.78 is 2.07. The number of hydrogen-bond acceptors (Lipinski definition) is 7. The smallest absolute Gasteiger partial charge is 0.218 e. The van der Waals surface area contributed by atoms with E-state index >= 15 is 0 Å². The molecule has 0 radical (unpaired) electrons. The molecule has 3 N–H and O–H groups in total. The summed E-state index contributed by atoms with van der Waals surface area (Å²) in [5.41, 5.74) is 13.2. The number of aromatic nitrogens is 4. The highest BCUT2D eigenvalue weighted by molar-refractivity contribution is 6.05. The van der Waals surface area contributed by atoms with E-state index in [0.29, 0.717) is 29.7 Å². The molecular weight excluding hydrogens is 633 g/mol. The van der Waals surface area contributed by atoms with Crippen LogP contribution in [-0.4, -0.2) is 62.3 Å². The Morgan fingerprint density at radius 1 is 1.00 bits per heavy atom. The molecule has 10 nitrogen and oxygen atoms in total. The number of nitrogen functional groups attached to an aromatic ring is 1. The Bertz CT molecular complexity index is 1800. The van der Waals surface area contributed by atoms with Crippen LogP contribution < -0.4 is 11.1 Å². The molecule has 1 saturated heterocycles. The summed E-state index contributed by atoms with van der Waals surface area (Å²) in [6.07, 6.45) is 10.4. The van der Waals surface area contributed by atoms with Gasteiger partial charge in [0.2, 0.25) is 5.96 Å². The summed E-state index contributed by atoms with van der Waals surface area (Å²) in [4.78, 5) is 25.4. The Kier molecular flexibility index (Phi) is 18.6. The monoisotopic (exact) mass is 690 g/mol. The number of nitrogens with one attached hydrogen (secondary N) is 1. The number of fused-ring (bicyclic) bond motifs is 1. The Labute approximate surface area is 306 Å². The van der Waals surface area contributed by atoms with E-state index in [-0.39, 0.29) is 6.04 Å². The molecule has 0 bridgehead atoms. The lowest BCUT2D eigenvalue weighted by molar-refractivity contribution is 0.199. The number of nitriles is 1. The quantitative estimate of drug-likeness (QED) is 0.107. The van der Waals surface area contributed by atoms with Gasteiger partial charge in [-0.25, -0.2) is 19.9 Å². The van der Waals surface area contributed by atoms with Crippen molar-refractivity contribution in [1.82, 2.24) is 29.7 Å². The Morgan fingerprint density at radius 3 is 2.25 bits per heavy atom. The molecule has 0 aliphatic carbocycles. The van der Waals surface area contributed by atoms with Gasteiger partial charge in [0.15, 0.2) is 11.5 Å². The highest BCUT2D eigenvalue weighted by atomic mass is 15.2. The van der Waals surface area contributed by atoms with Gasteiger partial charge in [-0.05, 0) is 80.6 Å². The summed E-state index contributed by atoms with van der Waals surface area (Å²) in [6.45, 7) is 20.7. The van der Waals surface area contributed by atoms with E-state index in [1.54, 1.807) is 13.2 Å². The third-order valence-corrected chi connectivity index (χ3v) is 7.98. The second-order valence-electron chi connectivity index (χ2n) is 10.9. The van der Waals surface area contributed by atoms with E-state index in [0.717, 1.165) is 66.2 Å². The molecule has 1 aromatic carbocycles. The maximum Gasteiger partial charge on any atom is 0.218 e. The summed E-state index contributed by atoms with van der Waals surface area (Å²) in [5, 5.41) is 12.6. The number of anilines is 1. The largest absolute Gasteiger partial charge is 0.383 e. The van der Waals surface area contributed by atoms with Crippen molar-refractivity contribution in [1.29, 1.82) is 5.26 Å². The first-order chi connectivity index (χ1) is 25.0. The van der Waals surface area contributed by atoms with E-state index in [1.807, 2.05) is 92.7 Å². The zero-order valence-corrected chi connectivity index (χ0v) is 32.4. The van der Waals surface area contributed by atoms with Crippen molar-refractivity contribution in [2.24, 2.45) is 9.98 Å². The van der Waals surface area contributed by atoms with Crippen molar-refractivity contribution in [2.45, 2.75) is 94.2 Å². The third-order valence-electron chi connectivity index (χ3n) is 7.98. The zero-order chi connectivity index (χ0) is 37.8. The molecule has 272 valence electrons. The molecule has 0 amide bonds. The van der Waals surface area contributed by atoms with Crippen LogP contribution in [0.5, 0.6) is 0 Å². The fraction of sp³-hybridized carbons (Fsp3) is 0.415. The van der Waals surface area contributed by atoms with Gasteiger partial charge in [-0.2, -0.15) is 5.26 Å². The van der Waals surface area contributed by atoms with Crippen LogP contribution in [0.15, 0.2) is 82.9 Å². The average molecular weight is 691 g/mol. The zero-order valence-electron chi connectivity index (χ0n) is 32.4. The van der Waals surface area contributed by atoms with Crippen LogP contribution in [0.2, 0.25) is 0 Å². The molecule has 0 atom stereocenters. The van der Waals surface area contributed by atoms with Crippen molar-refractivity contribution >= 4 is 34.2 Å². The van der Waals surface area contributed by atoms with Crippen LogP contribution in [0.25, 0.3) is 33.8 Å². The van der Waals surface area contributed by atoms with E-state index in [4.69, 9.17) is 15.7 Å². The van der Waals surface area contributed by atoms with Gasteiger partial charge in [0.1, 0.15) is 23.1 Å². The van der Waals surface area contributed by atoms with Crippen molar-refractivity contribution in [2.75, 3.05) is 25.9 Å². The molecule has 1 fully saturated rings. The van der Waals surface area contributed by atoms with Gasteiger partial charge in [0.05, 0.1) is 11.3 Å². The number of pyridine rings is 2. The highest BCUT2D eigenvalue weighted by Gasteiger charge is 2.21. The average Bonchev–Trinajstić information content (AvgIpc) is 3.57. The van der Waals surface area contributed by atoms with Gasteiger partial charge in [0, 0.05) is 44.6 Å². The van der Waals surface area contributed by atoms with E-state index in [1.165, 1.54) is 5.56 Å². The summed E-state index contributed by atoms with van der Waals surface area (Å²) in [7, 11) is 1.70. The second kappa shape index (κ2) is 22.6. The van der Waals surface area contributed by atoms with Crippen molar-refractivity contribution in [3.05, 3.63) is 84.2 Å². The Hall–Kier alpha value is -5.14. The number of imidazole rings is 1. The fourth-order valence-electron chi connectivity index (χ4n) is 5.54. The summed E-state index contributed by atoms with van der Waals surface area (Å²) in [5.74, 6) is 1.66. The molecule has 4 heterocycles. The fourth-order valence-corrected chi connectivity index (χ4v) is 5.54. The molecule has 0 spiro atoms. The topological polar surface area (TPSA) is 133 Å². The maximum atomic E-state index is 9.21. The van der Waals surface area contributed by atoms with Gasteiger partial charge in [-0.3, -0.25) is 14.5 Å². The SMILES string of the molecule is C/C=C\C(=C/C)c1ccc2nc(-c3cccnc3N)n(-c3ccc(CN4CCC(NC(=NC)/N=C(/C#N)CC)CC4)cc3)c2n1.CC.CC.CC. The first kappa shape index (κ1) is 42.0. The third kappa shape index (κ3) is 11.2. The summed E-state index contributed by atoms with van der Waals surface area (Å²) in [6, 6.07) is 18.9. The summed E-state index contributed by atoms with van der Waals surface area (Å²) >= 11 is 0. The number of allylic oxidation sites excluding steroid dienone is 4. The number of benzene rings is 1. The van der Waals surface area contributed by atoms with Crippen LogP contribution in [0.3, 0.4) is 0 Å². The molecule has 1 aliphatic heterocycles. The molecule has 0 saturated carbocycles. The second-order valence-corrected chi connectivity index (χ2v) is 10.9. The molecule has 51 heavy (non-hydrogen) atoms. The van der Waals surface area contributed by atoms with Gasteiger partial charge in [-0.1, -0.05) is 78.8 Å². The van der Waals surface area contributed by atoms with E-state index in [2.05, 4.69) is 72.2 Å². The Morgan fingerprint density at radius 2 is 1.69 bits per heavy atom. The van der Waals surface area contributed by atoms with Crippen LogP contribution in [0.4, 0.5) is 5.82 Å². The van der Waals surface area contributed by atoms with Crippen molar-refractivity contribution in [3.8, 4) is 23.1 Å². The maximum absolute atomic E-state index is 9.21. The molecule has 4 aromatic rings. The first-order valence-corrected chi connectivity index (χ1v) is 18.4. The number of piperidine rings is 1. The molecule has 10 heteroatoms. The predicted molar refractivity (Wildman–Crippen MR) is 217 cm³/mol. The molecular formula is C41H58N10. The van der Waals surface area contributed by atoms with Gasteiger partial charge < -0.3 is 11.1 Å². The number of rotatable bonds is 8. The molecule has 5 rings (SSSR count). The number of aliphatic imine (C=N–C) groups is 2. The number of hydrogen-bond donors (Lipinski definition) is 2. The minimum Gasteiger partial charge on any atom is -0.383 e. The molecule has 1 aliphatic rings. The van der Waals surface area contributed by atoms with Crippen molar-refractivity contribution in [3.63, 3.8) is 0 Å². The number of nitrogens with two attached hydrogens (primary N) is 1. The lowest BCUT2D eigenvalue weighted by atomic mass is 10.0. The number of likely N-dealkylation sites (tertiary alicyclic amines) is 1. The van der Waals surface area contributed by atoms with Crippen LogP contribution in [0, 0.1) is 11.3 Å². The number of guanidine groups is 1. The number of nitrogens with zero attached hydrogens (tertiary/aromatic N) is 8. The Balaban J connectivity index is 0.00000143.